The largest absolute Gasteiger partial charge is 0.392 e. The maximum absolute atomic E-state index is 13.4. The number of likely N-dealkylation sites (tertiary alicyclic amines) is 1. The van der Waals surface area contributed by atoms with E-state index in [4.69, 9.17) is 0 Å². The molecule has 0 amide bonds. The maximum atomic E-state index is 13.4. The number of nitrogens with zero attached hydrogens (tertiary/aromatic N) is 1. The lowest BCUT2D eigenvalue weighted by Gasteiger charge is -2.14. The fourth-order valence-electron chi connectivity index (χ4n) is 2.13. The first kappa shape index (κ1) is 13.1. The molecule has 1 aromatic carbocycles. The van der Waals surface area contributed by atoms with E-state index in [1.54, 1.807) is 0 Å². The van der Waals surface area contributed by atoms with Gasteiger partial charge in [0.2, 0.25) is 0 Å². The van der Waals surface area contributed by atoms with Crippen LogP contribution in [-0.2, 0) is 0 Å². The molecule has 0 aliphatic carbocycles. The van der Waals surface area contributed by atoms with E-state index in [-0.39, 0.29) is 18.1 Å². The van der Waals surface area contributed by atoms with E-state index in [2.05, 4.69) is 0 Å². The van der Waals surface area contributed by atoms with Gasteiger partial charge in [0.15, 0.2) is 17.4 Å². The van der Waals surface area contributed by atoms with Gasteiger partial charge in [-0.15, -0.1) is 0 Å². The van der Waals surface area contributed by atoms with Gasteiger partial charge in [-0.3, -0.25) is 4.79 Å². The van der Waals surface area contributed by atoms with E-state index in [9.17, 15) is 18.7 Å². The summed E-state index contributed by atoms with van der Waals surface area (Å²) in [6.45, 7) is 1.74. The third-order valence-corrected chi connectivity index (χ3v) is 3.15. The van der Waals surface area contributed by atoms with Crippen molar-refractivity contribution in [2.24, 2.45) is 0 Å². The van der Waals surface area contributed by atoms with Crippen molar-refractivity contribution in [3.05, 3.63) is 35.4 Å². The lowest BCUT2D eigenvalue weighted by atomic mass is 10.1. The van der Waals surface area contributed by atoms with Crippen molar-refractivity contribution in [1.82, 2.24) is 4.90 Å². The van der Waals surface area contributed by atoms with Crippen LogP contribution in [0.1, 0.15) is 23.2 Å². The highest BCUT2D eigenvalue weighted by atomic mass is 19.2. The Bertz CT molecular complexity index is 451. The predicted molar refractivity (Wildman–Crippen MR) is 62.4 cm³/mol. The van der Waals surface area contributed by atoms with Crippen molar-refractivity contribution < 1.29 is 18.7 Å². The van der Waals surface area contributed by atoms with Crippen LogP contribution in [-0.4, -0.2) is 41.5 Å². The van der Waals surface area contributed by atoms with Gasteiger partial charge in [-0.2, -0.15) is 0 Å². The summed E-state index contributed by atoms with van der Waals surface area (Å²) in [5, 5.41) is 9.33. The van der Waals surface area contributed by atoms with Crippen LogP contribution >= 0.6 is 0 Å². The van der Waals surface area contributed by atoms with E-state index >= 15 is 0 Å². The predicted octanol–water partition coefficient (Wildman–Crippen LogP) is 1.60. The molecule has 1 aliphatic rings. The average Bonchev–Trinajstić information content (AvgIpc) is 2.76. The van der Waals surface area contributed by atoms with E-state index in [0.29, 0.717) is 19.5 Å². The number of benzene rings is 1. The van der Waals surface area contributed by atoms with E-state index in [1.165, 1.54) is 12.1 Å². The van der Waals surface area contributed by atoms with E-state index in [1.807, 2.05) is 4.90 Å². The first-order valence-corrected chi connectivity index (χ1v) is 5.95. The van der Waals surface area contributed by atoms with Crippen LogP contribution in [0.25, 0.3) is 0 Å². The fourth-order valence-corrected chi connectivity index (χ4v) is 2.13. The molecule has 1 unspecified atom stereocenters. The van der Waals surface area contributed by atoms with Crippen molar-refractivity contribution >= 4 is 5.78 Å². The van der Waals surface area contributed by atoms with E-state index < -0.39 is 17.4 Å². The Kier molecular flexibility index (Phi) is 4.04. The first-order valence-electron chi connectivity index (χ1n) is 5.95. The van der Waals surface area contributed by atoms with Crippen molar-refractivity contribution in [2.45, 2.75) is 18.9 Å². The van der Waals surface area contributed by atoms with Gasteiger partial charge in [-0.05, 0) is 18.6 Å². The molecule has 1 fully saturated rings. The maximum Gasteiger partial charge on any atom is 0.169 e. The highest BCUT2D eigenvalue weighted by Crippen LogP contribution is 2.15. The molecular weight excluding hydrogens is 240 g/mol. The summed E-state index contributed by atoms with van der Waals surface area (Å²) in [5.41, 5.74) is -0.199. The lowest BCUT2D eigenvalue weighted by Crippen LogP contribution is -2.25. The Labute approximate surface area is 104 Å². The zero-order chi connectivity index (χ0) is 13.1. The minimum Gasteiger partial charge on any atom is -0.392 e. The molecule has 1 saturated heterocycles. The monoisotopic (exact) mass is 255 g/mol. The molecule has 2 rings (SSSR count). The molecule has 5 heteroatoms. The van der Waals surface area contributed by atoms with Gasteiger partial charge in [0.25, 0.3) is 0 Å². The highest BCUT2D eigenvalue weighted by molar-refractivity contribution is 5.96. The SMILES string of the molecule is O=C(CCN1CCC(O)C1)c1cccc(F)c1F. The molecule has 0 aromatic heterocycles. The van der Waals surface area contributed by atoms with Crippen LogP contribution in [0.3, 0.4) is 0 Å². The van der Waals surface area contributed by atoms with Crippen molar-refractivity contribution in [1.29, 1.82) is 0 Å². The average molecular weight is 255 g/mol. The topological polar surface area (TPSA) is 40.5 Å². The summed E-state index contributed by atoms with van der Waals surface area (Å²) >= 11 is 0. The summed E-state index contributed by atoms with van der Waals surface area (Å²) in [6.07, 6.45) is 0.487. The molecule has 1 aliphatic heterocycles. The number of aliphatic hydroxyl groups excluding tert-OH is 1. The molecular formula is C13H15F2NO2. The number of carbonyl (C=O) groups excluding carboxylic acids is 1. The molecule has 0 spiro atoms. The minimum absolute atomic E-state index is 0.132. The second kappa shape index (κ2) is 5.54. The minimum atomic E-state index is -1.08. The molecule has 98 valence electrons. The molecule has 0 radical (unpaired) electrons. The van der Waals surface area contributed by atoms with Crippen LogP contribution in [0.15, 0.2) is 18.2 Å². The number of Topliss-reactive ketones (excluding diaryl/α,β-unsaturated/α-hetero) is 1. The summed E-state index contributed by atoms with van der Waals surface area (Å²) < 4.78 is 26.3. The number of β-amino-alcohol motifs (C(OH)–C–C–N with tert-alkyl or cyclic N) is 1. The fraction of sp³-hybridized carbons (Fsp3) is 0.462. The second-order valence-electron chi connectivity index (χ2n) is 4.52. The molecule has 0 saturated carbocycles. The Morgan fingerprint density at radius 2 is 2.22 bits per heavy atom. The molecule has 1 heterocycles. The van der Waals surface area contributed by atoms with Crippen molar-refractivity contribution in [3.8, 4) is 0 Å². The number of hydrogen-bond acceptors (Lipinski definition) is 3. The molecule has 1 N–H and O–H groups in total. The summed E-state index contributed by atoms with van der Waals surface area (Å²) in [7, 11) is 0. The molecule has 3 nitrogen and oxygen atoms in total. The third kappa shape index (κ3) is 2.91. The van der Waals surface area contributed by atoms with Gasteiger partial charge in [-0.25, -0.2) is 8.78 Å². The smallest absolute Gasteiger partial charge is 0.169 e. The van der Waals surface area contributed by atoms with Crippen LogP contribution < -0.4 is 0 Å². The standard InChI is InChI=1S/C13H15F2NO2/c14-11-3-1-2-10(13(11)15)12(18)5-7-16-6-4-9(17)8-16/h1-3,9,17H,4-8H2. The van der Waals surface area contributed by atoms with Gasteiger partial charge in [-0.1, -0.05) is 6.07 Å². The Balaban J connectivity index is 1.94. The molecule has 1 atom stereocenters. The van der Waals surface area contributed by atoms with Crippen molar-refractivity contribution in [2.75, 3.05) is 19.6 Å². The number of rotatable bonds is 4. The van der Waals surface area contributed by atoms with Crippen LogP contribution in [0.2, 0.25) is 0 Å². The Hall–Kier alpha value is -1.33. The summed E-state index contributed by atoms with van der Waals surface area (Å²) in [6, 6.07) is 3.60. The number of halogens is 2. The van der Waals surface area contributed by atoms with Crippen LogP contribution in [0.5, 0.6) is 0 Å². The zero-order valence-electron chi connectivity index (χ0n) is 9.90. The zero-order valence-corrected chi connectivity index (χ0v) is 9.90. The van der Waals surface area contributed by atoms with Gasteiger partial charge < -0.3 is 10.0 Å². The van der Waals surface area contributed by atoms with Crippen LogP contribution in [0, 0.1) is 11.6 Å². The molecule has 18 heavy (non-hydrogen) atoms. The number of carbonyl (C=O) groups is 1. The highest BCUT2D eigenvalue weighted by Gasteiger charge is 2.21. The number of ketones is 1. The number of aliphatic hydroxyl groups is 1. The van der Waals surface area contributed by atoms with Gasteiger partial charge in [0.1, 0.15) is 0 Å². The third-order valence-electron chi connectivity index (χ3n) is 3.15. The Morgan fingerprint density at radius 1 is 1.44 bits per heavy atom. The second-order valence-corrected chi connectivity index (χ2v) is 4.52. The van der Waals surface area contributed by atoms with Gasteiger partial charge >= 0.3 is 0 Å². The first-order chi connectivity index (χ1) is 8.58. The van der Waals surface area contributed by atoms with Gasteiger partial charge in [0, 0.05) is 26.1 Å². The van der Waals surface area contributed by atoms with Crippen LogP contribution in [0.4, 0.5) is 8.78 Å². The number of hydrogen-bond donors (Lipinski definition) is 1. The molecule has 0 bridgehead atoms. The summed E-state index contributed by atoms with van der Waals surface area (Å²) in [4.78, 5) is 13.7. The van der Waals surface area contributed by atoms with Gasteiger partial charge in [0.05, 0.1) is 11.7 Å². The lowest BCUT2D eigenvalue weighted by molar-refractivity contribution is 0.0959. The van der Waals surface area contributed by atoms with Crippen molar-refractivity contribution in [3.63, 3.8) is 0 Å². The normalized spacial score (nSPS) is 20.3. The quantitative estimate of drug-likeness (QED) is 0.831. The molecule has 1 aromatic rings. The Morgan fingerprint density at radius 3 is 2.89 bits per heavy atom. The summed E-state index contributed by atoms with van der Waals surface area (Å²) in [5.74, 6) is -2.49. The van der Waals surface area contributed by atoms with E-state index in [0.717, 1.165) is 12.6 Å².